The predicted molar refractivity (Wildman–Crippen MR) is 125 cm³/mol. The number of hydrogen-bond acceptors (Lipinski definition) is 4. The number of nitrogens with one attached hydrogen (secondary N) is 1. The van der Waals surface area contributed by atoms with Gasteiger partial charge in [0.05, 0.1) is 10.0 Å². The third-order valence-electron chi connectivity index (χ3n) is 5.04. The van der Waals surface area contributed by atoms with Gasteiger partial charge in [-0.3, -0.25) is 4.79 Å². The molecule has 6 heteroatoms. The summed E-state index contributed by atoms with van der Waals surface area (Å²) in [5.74, 6) is 0.201. The molecule has 4 nitrogen and oxygen atoms in total. The third kappa shape index (κ3) is 4.66. The first kappa shape index (κ1) is 21.2. The van der Waals surface area contributed by atoms with Gasteiger partial charge in [0.25, 0.3) is 0 Å². The Kier molecular flexibility index (Phi) is 6.40. The summed E-state index contributed by atoms with van der Waals surface area (Å²) in [5.41, 5.74) is 3.38. The first-order valence-corrected chi connectivity index (χ1v) is 10.6. The molecule has 4 rings (SSSR count). The standard InChI is InChI=1S/C25H20Cl2N2O2/c1-16(24(30)17-9-4-2-5-10-17)15-19-23(22-20(26)13-8-14-21(22)27)29-31-25(19)28-18-11-6-3-7-12-18/h2-14,16,28H,15H2,1H3. The molecule has 1 unspecified atom stereocenters. The van der Waals surface area contributed by atoms with Gasteiger partial charge in [-0.2, -0.15) is 0 Å². The smallest absolute Gasteiger partial charge is 0.232 e. The highest BCUT2D eigenvalue weighted by Crippen LogP contribution is 2.40. The first-order valence-electron chi connectivity index (χ1n) is 9.89. The molecule has 0 aliphatic heterocycles. The molecule has 1 N–H and O–H groups in total. The van der Waals surface area contributed by atoms with Gasteiger partial charge >= 0.3 is 0 Å². The molecule has 0 saturated heterocycles. The molecular weight excluding hydrogens is 431 g/mol. The monoisotopic (exact) mass is 450 g/mol. The van der Waals surface area contributed by atoms with Gasteiger partial charge in [0, 0.05) is 28.3 Å². The topological polar surface area (TPSA) is 55.1 Å². The second-order valence-electron chi connectivity index (χ2n) is 7.26. The van der Waals surface area contributed by atoms with Crippen molar-refractivity contribution in [1.82, 2.24) is 5.16 Å². The maximum absolute atomic E-state index is 13.0. The van der Waals surface area contributed by atoms with Crippen LogP contribution in [0.2, 0.25) is 10.0 Å². The van der Waals surface area contributed by atoms with Crippen molar-refractivity contribution < 1.29 is 9.32 Å². The van der Waals surface area contributed by atoms with Gasteiger partial charge < -0.3 is 9.84 Å². The van der Waals surface area contributed by atoms with Crippen LogP contribution < -0.4 is 5.32 Å². The molecule has 1 heterocycles. The van der Waals surface area contributed by atoms with Crippen molar-refractivity contribution in [3.05, 3.63) is 100 Å². The van der Waals surface area contributed by atoms with Crippen LogP contribution in [0.3, 0.4) is 0 Å². The first-order chi connectivity index (χ1) is 15.0. The lowest BCUT2D eigenvalue weighted by molar-refractivity contribution is 0.0929. The zero-order valence-electron chi connectivity index (χ0n) is 16.8. The molecule has 0 radical (unpaired) electrons. The molecule has 0 aliphatic carbocycles. The van der Waals surface area contributed by atoms with E-state index in [1.807, 2.05) is 67.6 Å². The van der Waals surface area contributed by atoms with E-state index in [9.17, 15) is 4.79 Å². The maximum Gasteiger partial charge on any atom is 0.232 e. The molecule has 3 aromatic carbocycles. The van der Waals surface area contributed by atoms with Crippen molar-refractivity contribution in [2.45, 2.75) is 13.3 Å². The van der Waals surface area contributed by atoms with E-state index in [0.717, 1.165) is 11.3 Å². The minimum Gasteiger partial charge on any atom is -0.338 e. The summed E-state index contributed by atoms with van der Waals surface area (Å²) in [6.07, 6.45) is 0.406. The van der Waals surface area contributed by atoms with E-state index in [-0.39, 0.29) is 11.7 Å². The molecule has 0 amide bonds. The molecular formula is C25H20Cl2N2O2. The van der Waals surface area contributed by atoms with Gasteiger partial charge in [-0.15, -0.1) is 0 Å². The van der Waals surface area contributed by atoms with Crippen LogP contribution >= 0.6 is 23.2 Å². The fraction of sp³-hybridized carbons (Fsp3) is 0.120. The highest BCUT2D eigenvalue weighted by Gasteiger charge is 2.26. The molecule has 0 bridgehead atoms. The van der Waals surface area contributed by atoms with Crippen molar-refractivity contribution in [2.24, 2.45) is 5.92 Å². The summed E-state index contributed by atoms with van der Waals surface area (Å²) < 4.78 is 5.66. The number of halogens is 2. The van der Waals surface area contributed by atoms with Crippen molar-refractivity contribution >= 4 is 40.6 Å². The third-order valence-corrected chi connectivity index (χ3v) is 5.67. The Morgan fingerprint density at radius 2 is 1.55 bits per heavy atom. The van der Waals surface area contributed by atoms with Crippen molar-refractivity contribution in [3.63, 3.8) is 0 Å². The van der Waals surface area contributed by atoms with E-state index in [1.54, 1.807) is 18.2 Å². The van der Waals surface area contributed by atoms with E-state index < -0.39 is 0 Å². The number of aromatic nitrogens is 1. The number of Topliss-reactive ketones (excluding diaryl/α,β-unsaturated/α-hetero) is 1. The summed E-state index contributed by atoms with van der Waals surface area (Å²) in [6.45, 7) is 1.90. The molecule has 0 spiro atoms. The number of carbonyl (C=O) groups excluding carboxylic acids is 1. The van der Waals surface area contributed by atoms with E-state index in [2.05, 4.69) is 10.5 Å². The average Bonchev–Trinajstić information content (AvgIpc) is 3.16. The normalized spacial score (nSPS) is 11.8. The average molecular weight is 451 g/mol. The maximum atomic E-state index is 13.0. The number of benzene rings is 3. The van der Waals surface area contributed by atoms with Gasteiger partial charge in [-0.25, -0.2) is 0 Å². The van der Waals surface area contributed by atoms with Gasteiger partial charge in [0.2, 0.25) is 5.88 Å². The lowest BCUT2D eigenvalue weighted by Crippen LogP contribution is -2.14. The number of carbonyl (C=O) groups is 1. The number of ketones is 1. The summed E-state index contributed by atoms with van der Waals surface area (Å²) >= 11 is 12.9. The Bertz CT molecular complexity index is 1170. The summed E-state index contributed by atoms with van der Waals surface area (Å²) in [4.78, 5) is 13.0. The number of rotatable bonds is 7. The molecule has 156 valence electrons. The number of para-hydroxylation sites is 1. The molecule has 4 aromatic rings. The number of nitrogens with zero attached hydrogens (tertiary/aromatic N) is 1. The largest absolute Gasteiger partial charge is 0.338 e. The molecule has 1 aromatic heterocycles. The molecule has 0 aliphatic rings. The van der Waals surface area contributed by atoms with E-state index >= 15 is 0 Å². The van der Waals surface area contributed by atoms with Crippen molar-refractivity contribution in [3.8, 4) is 11.3 Å². The van der Waals surface area contributed by atoms with E-state index in [1.165, 1.54) is 0 Å². The van der Waals surface area contributed by atoms with Crippen LogP contribution in [0.1, 0.15) is 22.8 Å². The zero-order valence-corrected chi connectivity index (χ0v) is 18.3. The van der Waals surface area contributed by atoms with Crippen LogP contribution in [0.25, 0.3) is 11.3 Å². The zero-order chi connectivity index (χ0) is 21.8. The van der Waals surface area contributed by atoms with Crippen LogP contribution in [0.15, 0.2) is 83.4 Å². The second-order valence-corrected chi connectivity index (χ2v) is 8.08. The van der Waals surface area contributed by atoms with Crippen LogP contribution in [-0.2, 0) is 6.42 Å². The van der Waals surface area contributed by atoms with Crippen LogP contribution in [0.4, 0.5) is 11.6 Å². The fourth-order valence-electron chi connectivity index (χ4n) is 3.46. The van der Waals surface area contributed by atoms with Crippen molar-refractivity contribution in [2.75, 3.05) is 5.32 Å². The number of hydrogen-bond donors (Lipinski definition) is 1. The minimum absolute atomic E-state index is 0.0451. The predicted octanol–water partition coefficient (Wildman–Crippen LogP) is 7.45. The van der Waals surface area contributed by atoms with Gasteiger partial charge in [0.1, 0.15) is 5.69 Å². The van der Waals surface area contributed by atoms with Crippen molar-refractivity contribution in [1.29, 1.82) is 0 Å². The molecule has 0 fully saturated rings. The number of anilines is 2. The lowest BCUT2D eigenvalue weighted by Gasteiger charge is -2.13. The fourth-order valence-corrected chi connectivity index (χ4v) is 4.03. The van der Waals surface area contributed by atoms with Crippen LogP contribution in [0, 0.1) is 5.92 Å². The Morgan fingerprint density at radius 1 is 0.935 bits per heavy atom. The van der Waals surface area contributed by atoms with E-state index in [0.29, 0.717) is 39.2 Å². The van der Waals surface area contributed by atoms with Gasteiger partial charge in [-0.05, 0) is 30.7 Å². The quantitative estimate of drug-likeness (QED) is 0.297. The lowest BCUT2D eigenvalue weighted by atomic mass is 9.91. The second kappa shape index (κ2) is 9.38. The Labute approximate surface area is 190 Å². The van der Waals surface area contributed by atoms with Crippen LogP contribution in [0.5, 0.6) is 0 Å². The summed E-state index contributed by atoms with van der Waals surface area (Å²) in [5, 5.41) is 8.47. The van der Waals surface area contributed by atoms with E-state index in [4.69, 9.17) is 27.7 Å². The Balaban J connectivity index is 1.74. The highest BCUT2D eigenvalue weighted by molar-refractivity contribution is 6.39. The SMILES string of the molecule is CC(Cc1c(-c2c(Cl)cccc2Cl)noc1Nc1ccccc1)C(=O)c1ccccc1. The molecule has 1 atom stereocenters. The molecule has 0 saturated carbocycles. The summed E-state index contributed by atoms with van der Waals surface area (Å²) in [7, 11) is 0. The van der Waals surface area contributed by atoms with Gasteiger partial charge in [0.15, 0.2) is 5.78 Å². The summed E-state index contributed by atoms with van der Waals surface area (Å²) in [6, 6.07) is 24.2. The van der Waals surface area contributed by atoms with Gasteiger partial charge in [-0.1, -0.05) is 89.9 Å². The Morgan fingerprint density at radius 3 is 2.19 bits per heavy atom. The van der Waals surface area contributed by atoms with Crippen LogP contribution in [-0.4, -0.2) is 10.9 Å². The Hall–Kier alpha value is -3.08. The highest BCUT2D eigenvalue weighted by atomic mass is 35.5. The molecule has 31 heavy (non-hydrogen) atoms. The minimum atomic E-state index is -0.307.